The van der Waals surface area contributed by atoms with Gasteiger partial charge in [0.05, 0.1) is 6.54 Å². The Kier molecular flexibility index (Phi) is 8.38. The first-order valence-electron chi connectivity index (χ1n) is 11.3. The van der Waals surface area contributed by atoms with Crippen molar-refractivity contribution in [1.82, 2.24) is 15.5 Å². The zero-order chi connectivity index (χ0) is 20.2. The topological polar surface area (TPSA) is 48.9 Å². The Bertz CT molecular complexity index is 713. The standard InChI is InChI=1S/C23H35FN4O.HI/c1-2-25-21(26-17-22(9-10-22)19-7-3-4-8-20(19)24)27-18-23(11-15-29-16-12-23)28-13-5-6-14-28;/h3-4,7-8H,2,5-6,9-18H2,1H3,(H2,25,26,27);1H. The lowest BCUT2D eigenvalue weighted by Crippen LogP contribution is -2.54. The van der Waals surface area contributed by atoms with Gasteiger partial charge in [0.2, 0.25) is 0 Å². The van der Waals surface area contributed by atoms with Crippen LogP contribution in [0.3, 0.4) is 0 Å². The molecule has 1 saturated carbocycles. The molecular weight excluding hydrogens is 494 g/mol. The molecule has 0 amide bonds. The van der Waals surface area contributed by atoms with Crippen LogP contribution in [-0.4, -0.2) is 62.3 Å². The lowest BCUT2D eigenvalue weighted by Gasteiger charge is -2.43. The van der Waals surface area contributed by atoms with Gasteiger partial charge in [0.1, 0.15) is 5.82 Å². The number of nitrogens with one attached hydrogen (secondary N) is 2. The molecule has 3 fully saturated rings. The quantitative estimate of drug-likeness (QED) is 0.321. The van der Waals surface area contributed by atoms with Crippen molar-refractivity contribution in [2.75, 3.05) is 45.9 Å². The first-order chi connectivity index (χ1) is 14.2. The van der Waals surface area contributed by atoms with E-state index >= 15 is 0 Å². The van der Waals surface area contributed by atoms with E-state index in [1.807, 2.05) is 12.1 Å². The molecule has 168 valence electrons. The molecule has 1 aliphatic carbocycles. The summed E-state index contributed by atoms with van der Waals surface area (Å²) in [6.07, 6.45) is 6.72. The molecule has 2 saturated heterocycles. The molecule has 2 N–H and O–H groups in total. The number of aliphatic imine (C=N–C) groups is 1. The Labute approximate surface area is 197 Å². The summed E-state index contributed by atoms with van der Waals surface area (Å²) >= 11 is 0. The second-order valence-corrected chi connectivity index (χ2v) is 8.84. The van der Waals surface area contributed by atoms with Gasteiger partial charge in [-0.05, 0) is 70.2 Å². The summed E-state index contributed by atoms with van der Waals surface area (Å²) < 4.78 is 20.0. The van der Waals surface area contributed by atoms with Crippen LogP contribution in [0.2, 0.25) is 0 Å². The highest BCUT2D eigenvalue weighted by Gasteiger charge is 2.46. The van der Waals surface area contributed by atoms with Crippen LogP contribution in [0.5, 0.6) is 0 Å². The highest BCUT2D eigenvalue weighted by atomic mass is 127. The Hall–Kier alpha value is -0.930. The average molecular weight is 530 g/mol. The van der Waals surface area contributed by atoms with Gasteiger partial charge in [-0.15, -0.1) is 24.0 Å². The summed E-state index contributed by atoms with van der Waals surface area (Å²) in [7, 11) is 0. The van der Waals surface area contributed by atoms with E-state index in [1.54, 1.807) is 12.1 Å². The maximum Gasteiger partial charge on any atom is 0.191 e. The lowest BCUT2D eigenvalue weighted by atomic mass is 9.88. The summed E-state index contributed by atoms with van der Waals surface area (Å²) in [4.78, 5) is 7.65. The second kappa shape index (κ2) is 10.6. The van der Waals surface area contributed by atoms with E-state index in [0.717, 1.165) is 70.1 Å². The van der Waals surface area contributed by atoms with Crippen LogP contribution in [0.4, 0.5) is 4.39 Å². The highest BCUT2D eigenvalue weighted by molar-refractivity contribution is 14.0. The van der Waals surface area contributed by atoms with Crippen LogP contribution >= 0.6 is 24.0 Å². The third kappa shape index (κ3) is 5.27. The zero-order valence-corrected chi connectivity index (χ0v) is 20.4. The zero-order valence-electron chi connectivity index (χ0n) is 18.1. The van der Waals surface area contributed by atoms with Gasteiger partial charge in [-0.1, -0.05) is 18.2 Å². The molecule has 4 rings (SSSR count). The predicted octanol–water partition coefficient (Wildman–Crippen LogP) is 3.68. The molecule has 0 unspecified atom stereocenters. The molecular formula is C23H36FIN4O. The van der Waals surface area contributed by atoms with Gasteiger partial charge in [0.25, 0.3) is 0 Å². The van der Waals surface area contributed by atoms with Crippen LogP contribution in [0.25, 0.3) is 0 Å². The van der Waals surface area contributed by atoms with Crippen LogP contribution in [0, 0.1) is 5.82 Å². The molecule has 5 nitrogen and oxygen atoms in total. The lowest BCUT2D eigenvalue weighted by molar-refractivity contribution is -0.0139. The number of halogens is 2. The number of benzene rings is 1. The summed E-state index contributed by atoms with van der Waals surface area (Å²) in [5.74, 6) is 0.754. The number of likely N-dealkylation sites (tertiary alicyclic amines) is 1. The third-order valence-electron chi connectivity index (χ3n) is 6.97. The Morgan fingerprint density at radius 2 is 1.80 bits per heavy atom. The monoisotopic (exact) mass is 530 g/mol. The molecule has 0 bridgehead atoms. The molecule has 2 aliphatic heterocycles. The molecule has 1 aromatic rings. The number of ether oxygens (including phenoxy) is 1. The van der Waals surface area contributed by atoms with E-state index in [1.165, 1.54) is 25.9 Å². The maximum absolute atomic E-state index is 14.3. The largest absolute Gasteiger partial charge is 0.381 e. The van der Waals surface area contributed by atoms with Crippen LogP contribution < -0.4 is 10.6 Å². The van der Waals surface area contributed by atoms with Crippen molar-refractivity contribution < 1.29 is 9.13 Å². The number of nitrogens with zero attached hydrogens (tertiary/aromatic N) is 2. The van der Waals surface area contributed by atoms with E-state index in [-0.39, 0.29) is 40.7 Å². The van der Waals surface area contributed by atoms with E-state index in [4.69, 9.17) is 9.73 Å². The van der Waals surface area contributed by atoms with Gasteiger partial charge < -0.3 is 15.4 Å². The predicted molar refractivity (Wildman–Crippen MR) is 130 cm³/mol. The first-order valence-corrected chi connectivity index (χ1v) is 11.3. The van der Waals surface area contributed by atoms with Crippen molar-refractivity contribution in [3.63, 3.8) is 0 Å². The highest BCUT2D eigenvalue weighted by Crippen LogP contribution is 2.48. The maximum atomic E-state index is 14.3. The van der Waals surface area contributed by atoms with E-state index in [9.17, 15) is 4.39 Å². The summed E-state index contributed by atoms with van der Waals surface area (Å²) in [5, 5.41) is 6.91. The van der Waals surface area contributed by atoms with Crippen molar-refractivity contribution in [3.05, 3.63) is 35.6 Å². The smallest absolute Gasteiger partial charge is 0.191 e. The number of hydrogen-bond donors (Lipinski definition) is 2. The van der Waals surface area contributed by atoms with Crippen molar-refractivity contribution in [3.8, 4) is 0 Å². The van der Waals surface area contributed by atoms with Crippen molar-refractivity contribution in [2.24, 2.45) is 4.99 Å². The van der Waals surface area contributed by atoms with Gasteiger partial charge in [0, 0.05) is 37.3 Å². The Morgan fingerprint density at radius 3 is 2.43 bits per heavy atom. The minimum absolute atomic E-state index is 0. The Morgan fingerprint density at radius 1 is 1.10 bits per heavy atom. The normalized spacial score (nSPS) is 22.9. The number of rotatable bonds is 7. The summed E-state index contributed by atoms with van der Waals surface area (Å²) in [5.41, 5.74) is 0.869. The van der Waals surface area contributed by atoms with Crippen molar-refractivity contribution in [1.29, 1.82) is 0 Å². The van der Waals surface area contributed by atoms with Crippen LogP contribution in [0.15, 0.2) is 29.3 Å². The van der Waals surface area contributed by atoms with Gasteiger partial charge in [-0.3, -0.25) is 9.89 Å². The number of guanidine groups is 1. The minimum atomic E-state index is -0.0936. The average Bonchev–Trinajstić information content (AvgIpc) is 3.31. The van der Waals surface area contributed by atoms with E-state index in [0.29, 0.717) is 0 Å². The summed E-state index contributed by atoms with van der Waals surface area (Å²) in [6, 6.07) is 7.19. The third-order valence-corrected chi connectivity index (χ3v) is 6.97. The Balaban J connectivity index is 0.00000256. The van der Waals surface area contributed by atoms with E-state index < -0.39 is 0 Å². The first kappa shape index (κ1) is 23.7. The molecule has 0 radical (unpaired) electrons. The minimum Gasteiger partial charge on any atom is -0.381 e. The molecule has 0 atom stereocenters. The SMILES string of the molecule is CCNC(=NCC1(N2CCCC2)CCOCC1)NCC1(c2ccccc2F)CC1.I. The van der Waals surface area contributed by atoms with Crippen LogP contribution in [0.1, 0.15) is 51.0 Å². The molecule has 2 heterocycles. The second-order valence-electron chi connectivity index (χ2n) is 8.84. The van der Waals surface area contributed by atoms with Gasteiger partial charge in [-0.25, -0.2) is 4.39 Å². The van der Waals surface area contributed by atoms with Crippen LogP contribution in [-0.2, 0) is 10.2 Å². The molecule has 0 aromatic heterocycles. The van der Waals surface area contributed by atoms with Gasteiger partial charge in [-0.2, -0.15) is 0 Å². The fraction of sp³-hybridized carbons (Fsp3) is 0.696. The van der Waals surface area contributed by atoms with Crippen molar-refractivity contribution >= 4 is 29.9 Å². The molecule has 30 heavy (non-hydrogen) atoms. The van der Waals surface area contributed by atoms with Gasteiger partial charge >= 0.3 is 0 Å². The molecule has 1 aromatic carbocycles. The van der Waals surface area contributed by atoms with E-state index in [2.05, 4.69) is 22.5 Å². The molecule has 3 aliphatic rings. The molecule has 0 spiro atoms. The number of hydrogen-bond acceptors (Lipinski definition) is 3. The summed E-state index contributed by atoms with van der Waals surface area (Å²) in [6.45, 7) is 8.42. The fourth-order valence-corrected chi connectivity index (χ4v) is 4.92. The molecule has 7 heteroatoms. The fourth-order valence-electron chi connectivity index (χ4n) is 4.92. The van der Waals surface area contributed by atoms with Gasteiger partial charge in [0.15, 0.2) is 5.96 Å². The van der Waals surface area contributed by atoms with Crippen molar-refractivity contribution in [2.45, 2.75) is 56.4 Å².